The maximum atomic E-state index is 12.7. The highest BCUT2D eigenvalue weighted by Gasteiger charge is 2.17. The van der Waals surface area contributed by atoms with Crippen LogP contribution >= 0.6 is 0 Å². The molecule has 0 radical (unpaired) electrons. The molecule has 2 aromatic carbocycles. The number of benzene rings is 2. The molecule has 134 valence electrons. The minimum absolute atomic E-state index is 0.0508. The van der Waals surface area contributed by atoms with Gasteiger partial charge in [-0.25, -0.2) is 4.98 Å². The maximum Gasteiger partial charge on any atom is 0.262 e. The molecule has 0 saturated heterocycles. The molecule has 27 heavy (non-hydrogen) atoms. The van der Waals surface area contributed by atoms with E-state index in [-0.39, 0.29) is 17.5 Å². The van der Waals surface area contributed by atoms with E-state index in [9.17, 15) is 10.1 Å². The van der Waals surface area contributed by atoms with Gasteiger partial charge in [0.25, 0.3) is 5.91 Å². The van der Waals surface area contributed by atoms with Crippen LogP contribution in [0.1, 0.15) is 37.1 Å². The summed E-state index contributed by atoms with van der Waals surface area (Å²) in [5, 5.41) is 13.5. The fourth-order valence-electron chi connectivity index (χ4n) is 2.99. The van der Waals surface area contributed by atoms with Crippen LogP contribution in [0.15, 0.2) is 72.3 Å². The lowest BCUT2D eigenvalue weighted by Gasteiger charge is -2.18. The van der Waals surface area contributed by atoms with E-state index in [2.05, 4.69) is 17.2 Å². The van der Waals surface area contributed by atoms with Gasteiger partial charge in [0.15, 0.2) is 0 Å². The van der Waals surface area contributed by atoms with Gasteiger partial charge in [-0.1, -0.05) is 67.9 Å². The van der Waals surface area contributed by atoms with E-state index in [4.69, 9.17) is 0 Å². The Kier molecular flexibility index (Phi) is 5.96. The summed E-state index contributed by atoms with van der Waals surface area (Å²) < 4.78 is 0. The van der Waals surface area contributed by atoms with Crippen molar-refractivity contribution in [2.24, 2.45) is 0 Å². The van der Waals surface area contributed by atoms with Crippen LogP contribution < -0.4 is 5.32 Å². The highest BCUT2D eigenvalue weighted by atomic mass is 16.1. The third-order valence-corrected chi connectivity index (χ3v) is 4.36. The third-order valence-electron chi connectivity index (χ3n) is 4.36. The molecule has 3 aromatic rings. The first-order chi connectivity index (χ1) is 13.2. The van der Waals surface area contributed by atoms with Gasteiger partial charge in [0, 0.05) is 5.39 Å². The number of hydrogen-bond acceptors (Lipinski definition) is 3. The predicted octanol–water partition coefficient (Wildman–Crippen LogP) is 4.80. The van der Waals surface area contributed by atoms with Crippen molar-refractivity contribution in [1.82, 2.24) is 10.3 Å². The molecule has 1 amide bonds. The third kappa shape index (κ3) is 4.59. The van der Waals surface area contributed by atoms with E-state index < -0.39 is 0 Å². The van der Waals surface area contributed by atoms with Crippen LogP contribution in [0.2, 0.25) is 0 Å². The molecule has 1 atom stereocenters. The zero-order valence-corrected chi connectivity index (χ0v) is 15.2. The molecule has 0 aliphatic rings. The van der Waals surface area contributed by atoms with Crippen molar-refractivity contribution in [3.8, 4) is 6.07 Å². The van der Waals surface area contributed by atoms with Gasteiger partial charge < -0.3 is 5.32 Å². The normalized spacial score (nSPS) is 12.4. The van der Waals surface area contributed by atoms with E-state index in [0.717, 1.165) is 29.3 Å². The quantitative estimate of drug-likeness (QED) is 0.510. The number of rotatable bonds is 6. The van der Waals surface area contributed by atoms with Gasteiger partial charge in [-0.3, -0.25) is 4.79 Å². The molecular weight excluding hydrogens is 334 g/mol. The SMILES string of the molecule is CCCC(NC(=O)/C(C#N)=C/c1ccc2ccccc2n1)c1ccccc1. The highest BCUT2D eigenvalue weighted by Crippen LogP contribution is 2.19. The topological polar surface area (TPSA) is 65.8 Å². The first-order valence-electron chi connectivity index (χ1n) is 9.04. The minimum Gasteiger partial charge on any atom is -0.345 e. The molecule has 1 unspecified atom stereocenters. The average molecular weight is 355 g/mol. The van der Waals surface area contributed by atoms with Gasteiger partial charge in [-0.05, 0) is 30.2 Å². The van der Waals surface area contributed by atoms with Crippen LogP contribution in [0.5, 0.6) is 0 Å². The number of nitrogens with zero attached hydrogens (tertiary/aromatic N) is 2. The zero-order valence-electron chi connectivity index (χ0n) is 15.2. The average Bonchev–Trinajstić information content (AvgIpc) is 2.72. The fraction of sp³-hybridized carbons (Fsp3) is 0.174. The molecule has 0 saturated carbocycles. The molecule has 0 spiro atoms. The highest BCUT2D eigenvalue weighted by molar-refractivity contribution is 6.01. The predicted molar refractivity (Wildman–Crippen MR) is 108 cm³/mol. The Labute approximate surface area is 159 Å². The number of aromatic nitrogens is 1. The number of fused-ring (bicyclic) bond motifs is 1. The van der Waals surface area contributed by atoms with Crippen LogP contribution in [0.4, 0.5) is 0 Å². The Morgan fingerprint density at radius 3 is 2.59 bits per heavy atom. The van der Waals surface area contributed by atoms with Crippen LogP contribution in [0.25, 0.3) is 17.0 Å². The first-order valence-corrected chi connectivity index (χ1v) is 9.04. The second-order valence-electron chi connectivity index (χ2n) is 6.32. The summed E-state index contributed by atoms with van der Waals surface area (Å²) in [7, 11) is 0. The van der Waals surface area contributed by atoms with Gasteiger partial charge in [0.2, 0.25) is 0 Å². The summed E-state index contributed by atoms with van der Waals surface area (Å²) in [4.78, 5) is 17.2. The molecule has 0 aliphatic carbocycles. The largest absolute Gasteiger partial charge is 0.345 e. The van der Waals surface area contributed by atoms with Crippen LogP contribution in [0.3, 0.4) is 0 Å². The Hall–Kier alpha value is -3.45. The van der Waals surface area contributed by atoms with E-state index in [0.29, 0.717) is 5.69 Å². The lowest BCUT2D eigenvalue weighted by Crippen LogP contribution is -2.29. The molecule has 4 heteroatoms. The number of carbonyl (C=O) groups is 1. The van der Waals surface area contributed by atoms with Crippen molar-refractivity contribution in [3.05, 3.63) is 83.6 Å². The van der Waals surface area contributed by atoms with Crippen molar-refractivity contribution < 1.29 is 4.79 Å². The maximum absolute atomic E-state index is 12.7. The molecule has 3 rings (SSSR count). The summed E-state index contributed by atoms with van der Waals surface area (Å²) in [5.41, 5.74) is 2.51. The van der Waals surface area contributed by atoms with E-state index in [1.807, 2.05) is 72.8 Å². The number of amides is 1. The van der Waals surface area contributed by atoms with Gasteiger partial charge in [0.05, 0.1) is 17.3 Å². The van der Waals surface area contributed by atoms with Crippen LogP contribution in [-0.4, -0.2) is 10.9 Å². The summed E-state index contributed by atoms with van der Waals surface area (Å²) in [6.45, 7) is 2.07. The number of hydrogen-bond donors (Lipinski definition) is 1. The Bertz CT molecular complexity index is 1000. The molecule has 0 aliphatic heterocycles. The molecule has 0 fully saturated rings. The summed E-state index contributed by atoms with van der Waals surface area (Å²) in [6, 6.07) is 23.2. The first kappa shape index (κ1) is 18.3. The number of nitriles is 1. The van der Waals surface area contributed by atoms with Gasteiger partial charge >= 0.3 is 0 Å². The van der Waals surface area contributed by atoms with Crippen molar-refractivity contribution in [1.29, 1.82) is 5.26 Å². The number of nitrogens with one attached hydrogen (secondary N) is 1. The summed E-state index contributed by atoms with van der Waals surface area (Å²) in [5.74, 6) is -0.380. The summed E-state index contributed by atoms with van der Waals surface area (Å²) >= 11 is 0. The zero-order chi connectivity index (χ0) is 19.1. The molecular formula is C23H21N3O. The van der Waals surface area contributed by atoms with E-state index in [1.54, 1.807) is 0 Å². The lowest BCUT2D eigenvalue weighted by molar-refractivity contribution is -0.117. The van der Waals surface area contributed by atoms with E-state index in [1.165, 1.54) is 6.08 Å². The minimum atomic E-state index is -0.380. The Morgan fingerprint density at radius 2 is 1.85 bits per heavy atom. The van der Waals surface area contributed by atoms with Crippen molar-refractivity contribution in [3.63, 3.8) is 0 Å². The molecule has 1 N–H and O–H groups in total. The molecule has 4 nitrogen and oxygen atoms in total. The van der Waals surface area contributed by atoms with Gasteiger partial charge in [-0.15, -0.1) is 0 Å². The van der Waals surface area contributed by atoms with Gasteiger partial charge in [0.1, 0.15) is 11.6 Å². The number of pyridine rings is 1. The van der Waals surface area contributed by atoms with Crippen molar-refractivity contribution in [2.75, 3.05) is 0 Å². The second-order valence-corrected chi connectivity index (χ2v) is 6.32. The molecule has 0 bridgehead atoms. The Morgan fingerprint density at radius 1 is 1.11 bits per heavy atom. The van der Waals surface area contributed by atoms with Gasteiger partial charge in [-0.2, -0.15) is 5.26 Å². The standard InChI is InChI=1S/C23H21N3O/c1-2-8-21(17-9-4-3-5-10-17)26-23(27)19(16-24)15-20-14-13-18-11-6-7-12-22(18)25-20/h3-7,9-15,21H,2,8H2,1H3,(H,26,27)/b19-15+. The lowest BCUT2D eigenvalue weighted by atomic mass is 10.0. The number of para-hydroxylation sites is 1. The van der Waals surface area contributed by atoms with E-state index >= 15 is 0 Å². The van der Waals surface area contributed by atoms with Crippen LogP contribution in [0, 0.1) is 11.3 Å². The smallest absolute Gasteiger partial charge is 0.262 e. The van der Waals surface area contributed by atoms with Crippen molar-refractivity contribution in [2.45, 2.75) is 25.8 Å². The summed E-state index contributed by atoms with van der Waals surface area (Å²) in [6.07, 6.45) is 3.27. The second kappa shape index (κ2) is 8.77. The van der Waals surface area contributed by atoms with Crippen LogP contribution in [-0.2, 0) is 4.79 Å². The fourth-order valence-corrected chi connectivity index (χ4v) is 2.99. The Balaban J connectivity index is 1.83. The number of carbonyl (C=O) groups excluding carboxylic acids is 1. The molecule has 1 heterocycles. The monoisotopic (exact) mass is 355 g/mol. The molecule has 1 aromatic heterocycles. The van der Waals surface area contributed by atoms with Crippen molar-refractivity contribution >= 4 is 22.9 Å².